The third-order valence-corrected chi connectivity index (χ3v) is 7.29. The van der Waals surface area contributed by atoms with Gasteiger partial charge in [0.1, 0.15) is 17.6 Å². The molecule has 2 aliphatic rings. The second kappa shape index (κ2) is 9.55. The molecule has 0 spiro atoms. The Morgan fingerprint density at radius 3 is 2.38 bits per heavy atom. The number of aliphatic hydroxyl groups is 1. The zero-order valence-electron chi connectivity index (χ0n) is 21.8. The molecular formula is C32H33NO4. The molecule has 1 fully saturated rings. The fourth-order valence-corrected chi connectivity index (χ4v) is 5.24. The molecule has 2 heterocycles. The molecule has 0 aromatic heterocycles. The van der Waals surface area contributed by atoms with E-state index in [1.807, 2.05) is 73.7 Å². The lowest BCUT2D eigenvalue weighted by atomic mass is 9.85. The van der Waals surface area contributed by atoms with Crippen molar-refractivity contribution < 1.29 is 19.4 Å². The van der Waals surface area contributed by atoms with Crippen molar-refractivity contribution in [3.63, 3.8) is 0 Å². The molecule has 5 nitrogen and oxygen atoms in total. The molecule has 0 bridgehead atoms. The number of rotatable bonds is 5. The van der Waals surface area contributed by atoms with E-state index < -0.39 is 17.7 Å². The van der Waals surface area contributed by atoms with Crippen LogP contribution >= 0.6 is 0 Å². The highest BCUT2D eigenvalue weighted by Gasteiger charge is 2.46. The fourth-order valence-electron chi connectivity index (χ4n) is 5.24. The van der Waals surface area contributed by atoms with Crippen molar-refractivity contribution in [3.8, 4) is 5.75 Å². The van der Waals surface area contributed by atoms with Crippen LogP contribution < -0.4 is 4.74 Å². The molecular weight excluding hydrogens is 462 g/mol. The minimum absolute atomic E-state index is 0.0305. The number of amides is 1. The number of likely N-dealkylation sites (tertiary alicyclic amines) is 1. The summed E-state index contributed by atoms with van der Waals surface area (Å²) in [6.45, 7) is 8.80. The van der Waals surface area contributed by atoms with Crippen LogP contribution in [0.4, 0.5) is 0 Å². The number of fused-ring (bicyclic) bond motifs is 1. The Labute approximate surface area is 218 Å². The summed E-state index contributed by atoms with van der Waals surface area (Å²) < 4.78 is 5.80. The Morgan fingerprint density at radius 1 is 1.00 bits per heavy atom. The van der Waals surface area contributed by atoms with E-state index in [0.717, 1.165) is 34.4 Å². The quantitative estimate of drug-likeness (QED) is 0.269. The van der Waals surface area contributed by atoms with Gasteiger partial charge in [0.05, 0.1) is 11.6 Å². The van der Waals surface area contributed by atoms with Crippen molar-refractivity contribution in [1.29, 1.82) is 0 Å². The van der Waals surface area contributed by atoms with Crippen molar-refractivity contribution in [2.24, 2.45) is 0 Å². The van der Waals surface area contributed by atoms with E-state index in [1.54, 1.807) is 11.0 Å². The predicted molar refractivity (Wildman–Crippen MR) is 145 cm³/mol. The first kappa shape index (κ1) is 24.8. The van der Waals surface area contributed by atoms with Gasteiger partial charge in [0.2, 0.25) is 0 Å². The number of Topliss-reactive ketones (excluding diaryl/α,β-unsaturated/α-hetero) is 1. The predicted octanol–water partition coefficient (Wildman–Crippen LogP) is 5.97. The number of hydrogen-bond acceptors (Lipinski definition) is 4. The summed E-state index contributed by atoms with van der Waals surface area (Å²) in [4.78, 5) is 28.3. The molecule has 0 aliphatic carbocycles. The molecule has 5 heteroatoms. The number of carbonyl (C=O) groups excluding carboxylic acids is 2. The van der Waals surface area contributed by atoms with Crippen LogP contribution in [0.2, 0.25) is 0 Å². The maximum Gasteiger partial charge on any atom is 0.295 e. The number of aliphatic hydroxyl groups excluding tert-OH is 1. The molecule has 0 saturated carbocycles. The lowest BCUT2D eigenvalue weighted by molar-refractivity contribution is -0.139. The van der Waals surface area contributed by atoms with Gasteiger partial charge in [-0.1, -0.05) is 75.4 Å². The molecule has 37 heavy (non-hydrogen) atoms. The van der Waals surface area contributed by atoms with Gasteiger partial charge in [-0.05, 0) is 59.2 Å². The fraction of sp³-hybridized carbons (Fsp3) is 0.312. The minimum atomic E-state index is -0.666. The summed E-state index contributed by atoms with van der Waals surface area (Å²) >= 11 is 0. The van der Waals surface area contributed by atoms with E-state index in [2.05, 4.69) is 20.8 Å². The van der Waals surface area contributed by atoms with Gasteiger partial charge in [-0.15, -0.1) is 0 Å². The number of benzene rings is 3. The topological polar surface area (TPSA) is 66.8 Å². The second-order valence-electron chi connectivity index (χ2n) is 11.1. The lowest BCUT2D eigenvalue weighted by Crippen LogP contribution is -2.31. The molecule has 0 unspecified atom stereocenters. The van der Waals surface area contributed by atoms with Crippen molar-refractivity contribution in [1.82, 2.24) is 4.90 Å². The summed E-state index contributed by atoms with van der Waals surface area (Å²) in [5, 5.41) is 11.5. The standard InChI is InChI=1S/C32H33NO4/c1-20-18-24-19-23(12-15-26(24)37-20)29(34)27-28(22-10-13-25(14-11-22)32(2,3)4)33(31(36)30(27)35)17-16-21-8-6-5-7-9-21/h5-15,19-20,28,34H,16-18H2,1-4H3/b29-27+/t20-,28+/m1/s1. The average molecular weight is 496 g/mol. The Kier molecular flexibility index (Phi) is 6.40. The Balaban J connectivity index is 1.58. The van der Waals surface area contributed by atoms with Crippen LogP contribution in [0.15, 0.2) is 78.4 Å². The summed E-state index contributed by atoms with van der Waals surface area (Å²) in [6.07, 6.45) is 1.41. The number of carbonyl (C=O) groups is 2. The molecule has 0 radical (unpaired) electrons. The van der Waals surface area contributed by atoms with E-state index in [-0.39, 0.29) is 22.9 Å². The Morgan fingerprint density at radius 2 is 1.70 bits per heavy atom. The molecule has 190 valence electrons. The SMILES string of the molecule is C[C@@H]1Cc2cc(/C(O)=C3\C(=O)C(=O)N(CCc4ccccc4)[C@H]3c3ccc(C(C)(C)C)cc3)ccc2O1. The second-order valence-corrected chi connectivity index (χ2v) is 11.1. The molecule has 2 atom stereocenters. The van der Waals surface area contributed by atoms with Gasteiger partial charge in [-0.2, -0.15) is 0 Å². The normalized spacial score (nSPS) is 20.7. The van der Waals surface area contributed by atoms with E-state index in [0.29, 0.717) is 18.5 Å². The van der Waals surface area contributed by atoms with Crippen LogP contribution in [-0.4, -0.2) is 34.3 Å². The third kappa shape index (κ3) is 4.78. The highest BCUT2D eigenvalue weighted by Crippen LogP contribution is 2.41. The zero-order valence-corrected chi connectivity index (χ0v) is 21.8. The number of ketones is 1. The van der Waals surface area contributed by atoms with Crippen LogP contribution in [0, 0.1) is 0 Å². The third-order valence-electron chi connectivity index (χ3n) is 7.29. The van der Waals surface area contributed by atoms with Crippen LogP contribution in [0.5, 0.6) is 5.75 Å². The summed E-state index contributed by atoms with van der Waals surface area (Å²) in [6, 6.07) is 22.7. The Bertz CT molecular complexity index is 1370. The molecule has 3 aromatic rings. The van der Waals surface area contributed by atoms with E-state index in [1.165, 1.54) is 0 Å². The summed E-state index contributed by atoms with van der Waals surface area (Å²) in [5.41, 5.74) is 4.66. The molecule has 3 aromatic carbocycles. The van der Waals surface area contributed by atoms with Gasteiger partial charge in [0.25, 0.3) is 11.7 Å². The smallest absolute Gasteiger partial charge is 0.295 e. The van der Waals surface area contributed by atoms with E-state index in [4.69, 9.17) is 4.74 Å². The van der Waals surface area contributed by atoms with Crippen molar-refractivity contribution in [2.75, 3.05) is 6.54 Å². The van der Waals surface area contributed by atoms with Crippen molar-refractivity contribution >= 4 is 17.4 Å². The van der Waals surface area contributed by atoms with Gasteiger partial charge in [-0.25, -0.2) is 0 Å². The maximum absolute atomic E-state index is 13.4. The monoisotopic (exact) mass is 495 g/mol. The van der Waals surface area contributed by atoms with Gasteiger partial charge >= 0.3 is 0 Å². The van der Waals surface area contributed by atoms with Gasteiger partial charge in [-0.3, -0.25) is 9.59 Å². The molecule has 1 saturated heterocycles. The summed E-state index contributed by atoms with van der Waals surface area (Å²) in [7, 11) is 0. The van der Waals surface area contributed by atoms with Crippen LogP contribution in [0.3, 0.4) is 0 Å². The average Bonchev–Trinajstić information content (AvgIpc) is 3.37. The van der Waals surface area contributed by atoms with Crippen LogP contribution in [-0.2, 0) is 27.8 Å². The number of nitrogens with zero attached hydrogens (tertiary/aromatic N) is 1. The number of hydrogen-bond donors (Lipinski definition) is 1. The first-order valence-corrected chi connectivity index (χ1v) is 12.9. The minimum Gasteiger partial charge on any atom is -0.507 e. The Hall–Kier alpha value is -3.86. The zero-order chi connectivity index (χ0) is 26.3. The van der Waals surface area contributed by atoms with Crippen LogP contribution in [0.25, 0.3) is 5.76 Å². The highest BCUT2D eigenvalue weighted by molar-refractivity contribution is 6.46. The lowest BCUT2D eigenvalue weighted by Gasteiger charge is -2.26. The van der Waals surface area contributed by atoms with Gasteiger partial charge in [0.15, 0.2) is 0 Å². The highest BCUT2D eigenvalue weighted by atomic mass is 16.5. The largest absolute Gasteiger partial charge is 0.507 e. The first-order chi connectivity index (χ1) is 17.6. The first-order valence-electron chi connectivity index (χ1n) is 12.9. The van der Waals surface area contributed by atoms with Gasteiger partial charge in [0, 0.05) is 18.5 Å². The van der Waals surface area contributed by atoms with E-state index in [9.17, 15) is 14.7 Å². The number of ether oxygens (including phenoxy) is 1. The summed E-state index contributed by atoms with van der Waals surface area (Å²) in [5.74, 6) is -0.587. The van der Waals surface area contributed by atoms with Crippen LogP contribution in [0.1, 0.15) is 61.6 Å². The molecule has 2 aliphatic heterocycles. The molecule has 5 rings (SSSR count). The molecule has 1 amide bonds. The van der Waals surface area contributed by atoms with E-state index >= 15 is 0 Å². The maximum atomic E-state index is 13.4. The van der Waals surface area contributed by atoms with Crippen molar-refractivity contribution in [2.45, 2.75) is 58.1 Å². The van der Waals surface area contributed by atoms with Crippen molar-refractivity contribution in [3.05, 3.63) is 106 Å². The molecule has 1 N–H and O–H groups in total. The van der Waals surface area contributed by atoms with Gasteiger partial charge < -0.3 is 14.7 Å².